The van der Waals surface area contributed by atoms with E-state index < -0.39 is 0 Å². The molecule has 0 aromatic heterocycles. The molecule has 1 saturated heterocycles. The van der Waals surface area contributed by atoms with Gasteiger partial charge in [0.1, 0.15) is 0 Å². The number of anilines is 1. The number of hydrogen-bond acceptors (Lipinski definition) is 2. The SMILES string of the molecule is CC1(C)COCCN1c1ccccc1CBr. The van der Waals surface area contributed by atoms with E-state index in [1.165, 1.54) is 11.3 Å². The van der Waals surface area contributed by atoms with E-state index in [0.717, 1.165) is 25.1 Å². The molecular weight excluding hydrogens is 266 g/mol. The summed E-state index contributed by atoms with van der Waals surface area (Å²) in [6.07, 6.45) is 0. The largest absolute Gasteiger partial charge is 0.377 e. The predicted molar refractivity (Wildman–Crippen MR) is 71.3 cm³/mol. The van der Waals surface area contributed by atoms with Crippen molar-refractivity contribution in [3.63, 3.8) is 0 Å². The van der Waals surface area contributed by atoms with Gasteiger partial charge in [-0.1, -0.05) is 34.1 Å². The van der Waals surface area contributed by atoms with Crippen LogP contribution in [0.5, 0.6) is 0 Å². The Morgan fingerprint density at radius 1 is 1.38 bits per heavy atom. The molecule has 0 aliphatic carbocycles. The van der Waals surface area contributed by atoms with Crippen LogP contribution in [0.3, 0.4) is 0 Å². The highest BCUT2D eigenvalue weighted by molar-refractivity contribution is 9.08. The van der Waals surface area contributed by atoms with Crippen molar-refractivity contribution in [1.82, 2.24) is 0 Å². The van der Waals surface area contributed by atoms with Crippen LogP contribution in [0.1, 0.15) is 19.4 Å². The molecular formula is C13H18BrNO. The van der Waals surface area contributed by atoms with Crippen molar-refractivity contribution in [2.24, 2.45) is 0 Å². The minimum atomic E-state index is 0.0799. The summed E-state index contributed by atoms with van der Waals surface area (Å²) in [7, 11) is 0. The molecule has 1 aromatic rings. The summed E-state index contributed by atoms with van der Waals surface area (Å²) in [5.74, 6) is 0. The number of rotatable bonds is 2. The van der Waals surface area contributed by atoms with E-state index in [0.29, 0.717) is 0 Å². The van der Waals surface area contributed by atoms with E-state index in [9.17, 15) is 0 Å². The van der Waals surface area contributed by atoms with Gasteiger partial charge in [-0.2, -0.15) is 0 Å². The number of halogens is 1. The van der Waals surface area contributed by atoms with Crippen molar-refractivity contribution >= 4 is 21.6 Å². The monoisotopic (exact) mass is 283 g/mol. The second-order valence-electron chi connectivity index (χ2n) is 4.78. The second kappa shape index (κ2) is 4.76. The Bertz CT molecular complexity index is 365. The molecule has 0 saturated carbocycles. The molecule has 1 fully saturated rings. The summed E-state index contributed by atoms with van der Waals surface area (Å²) in [6.45, 7) is 7.05. The van der Waals surface area contributed by atoms with Gasteiger partial charge in [0.25, 0.3) is 0 Å². The van der Waals surface area contributed by atoms with Crippen molar-refractivity contribution < 1.29 is 4.74 Å². The molecule has 0 spiro atoms. The van der Waals surface area contributed by atoms with Crippen molar-refractivity contribution in [1.29, 1.82) is 0 Å². The predicted octanol–water partition coefficient (Wildman–Crippen LogP) is 3.20. The molecule has 1 aromatic carbocycles. The Hall–Kier alpha value is -0.540. The fourth-order valence-electron chi connectivity index (χ4n) is 2.19. The summed E-state index contributed by atoms with van der Waals surface area (Å²) in [6, 6.07) is 8.57. The Morgan fingerprint density at radius 3 is 2.81 bits per heavy atom. The average molecular weight is 284 g/mol. The topological polar surface area (TPSA) is 12.5 Å². The molecule has 0 amide bonds. The maximum absolute atomic E-state index is 5.56. The van der Waals surface area contributed by atoms with Crippen LogP contribution in [0.4, 0.5) is 5.69 Å². The van der Waals surface area contributed by atoms with Crippen molar-refractivity contribution in [3.8, 4) is 0 Å². The van der Waals surface area contributed by atoms with Gasteiger partial charge in [0.15, 0.2) is 0 Å². The Balaban J connectivity index is 2.34. The number of ether oxygens (including phenoxy) is 1. The van der Waals surface area contributed by atoms with E-state index in [1.807, 2.05) is 0 Å². The van der Waals surface area contributed by atoms with Crippen molar-refractivity contribution in [2.45, 2.75) is 24.7 Å². The van der Waals surface area contributed by atoms with Gasteiger partial charge in [-0.3, -0.25) is 0 Å². The summed E-state index contributed by atoms with van der Waals surface area (Å²) in [5.41, 5.74) is 2.75. The molecule has 16 heavy (non-hydrogen) atoms. The number of hydrogen-bond donors (Lipinski definition) is 0. The summed E-state index contributed by atoms with van der Waals surface area (Å²) in [4.78, 5) is 2.45. The number of para-hydroxylation sites is 1. The van der Waals surface area contributed by atoms with E-state index in [4.69, 9.17) is 4.74 Å². The standard InChI is InChI=1S/C13H18BrNO/c1-13(2)10-16-8-7-15(13)12-6-4-3-5-11(12)9-14/h3-6H,7-10H2,1-2H3. The highest BCUT2D eigenvalue weighted by atomic mass is 79.9. The van der Waals surface area contributed by atoms with Crippen LogP contribution in [0.2, 0.25) is 0 Å². The molecule has 0 unspecified atom stereocenters. The molecule has 0 bridgehead atoms. The molecule has 0 N–H and O–H groups in total. The minimum Gasteiger partial charge on any atom is -0.377 e. The van der Waals surface area contributed by atoms with Crippen LogP contribution in [0.25, 0.3) is 0 Å². The summed E-state index contributed by atoms with van der Waals surface area (Å²) >= 11 is 3.55. The van der Waals surface area contributed by atoms with Crippen LogP contribution in [-0.4, -0.2) is 25.3 Å². The normalized spacial score (nSPS) is 19.8. The van der Waals surface area contributed by atoms with Gasteiger partial charge in [0.05, 0.1) is 18.8 Å². The number of nitrogens with zero attached hydrogens (tertiary/aromatic N) is 1. The van der Waals surface area contributed by atoms with E-state index in [-0.39, 0.29) is 5.54 Å². The first kappa shape index (κ1) is 11.9. The smallest absolute Gasteiger partial charge is 0.0694 e. The van der Waals surface area contributed by atoms with Crippen LogP contribution in [0, 0.1) is 0 Å². The lowest BCUT2D eigenvalue weighted by Gasteiger charge is -2.44. The molecule has 2 rings (SSSR count). The lowest BCUT2D eigenvalue weighted by Crippen LogP contribution is -2.53. The third-order valence-corrected chi connectivity index (χ3v) is 3.68. The number of alkyl halides is 1. The molecule has 88 valence electrons. The number of benzene rings is 1. The number of morpholine rings is 1. The van der Waals surface area contributed by atoms with Gasteiger partial charge in [-0.15, -0.1) is 0 Å². The highest BCUT2D eigenvalue weighted by Gasteiger charge is 2.31. The van der Waals surface area contributed by atoms with Crippen LogP contribution < -0.4 is 4.90 Å². The van der Waals surface area contributed by atoms with E-state index >= 15 is 0 Å². The van der Waals surface area contributed by atoms with Crippen LogP contribution >= 0.6 is 15.9 Å². The molecule has 1 aliphatic rings. The Morgan fingerprint density at radius 2 is 2.12 bits per heavy atom. The molecule has 1 aliphatic heterocycles. The molecule has 1 heterocycles. The average Bonchev–Trinajstić information content (AvgIpc) is 2.28. The van der Waals surface area contributed by atoms with Crippen LogP contribution in [0.15, 0.2) is 24.3 Å². The van der Waals surface area contributed by atoms with E-state index in [2.05, 4.69) is 58.9 Å². The fraction of sp³-hybridized carbons (Fsp3) is 0.538. The third kappa shape index (κ3) is 2.25. The first-order valence-electron chi connectivity index (χ1n) is 5.64. The lowest BCUT2D eigenvalue weighted by molar-refractivity contribution is 0.0643. The quantitative estimate of drug-likeness (QED) is 0.773. The highest BCUT2D eigenvalue weighted by Crippen LogP contribution is 2.30. The molecule has 3 heteroatoms. The zero-order chi connectivity index (χ0) is 11.6. The minimum absolute atomic E-state index is 0.0799. The zero-order valence-electron chi connectivity index (χ0n) is 9.87. The first-order valence-corrected chi connectivity index (χ1v) is 6.76. The Kier molecular flexibility index (Phi) is 3.55. The maximum Gasteiger partial charge on any atom is 0.0694 e. The molecule has 0 radical (unpaired) electrons. The van der Waals surface area contributed by atoms with Gasteiger partial charge in [0, 0.05) is 17.6 Å². The van der Waals surface area contributed by atoms with Crippen molar-refractivity contribution in [3.05, 3.63) is 29.8 Å². The van der Waals surface area contributed by atoms with Gasteiger partial charge in [-0.05, 0) is 25.5 Å². The second-order valence-corrected chi connectivity index (χ2v) is 5.34. The van der Waals surface area contributed by atoms with Crippen molar-refractivity contribution in [2.75, 3.05) is 24.7 Å². The van der Waals surface area contributed by atoms with E-state index in [1.54, 1.807) is 0 Å². The van der Waals surface area contributed by atoms with Gasteiger partial charge >= 0.3 is 0 Å². The van der Waals surface area contributed by atoms with Gasteiger partial charge < -0.3 is 9.64 Å². The fourth-order valence-corrected chi connectivity index (χ4v) is 2.67. The molecule has 0 atom stereocenters. The zero-order valence-corrected chi connectivity index (χ0v) is 11.5. The lowest BCUT2D eigenvalue weighted by atomic mass is 10.00. The van der Waals surface area contributed by atoms with Gasteiger partial charge in [-0.25, -0.2) is 0 Å². The molecule has 2 nitrogen and oxygen atoms in total. The summed E-state index contributed by atoms with van der Waals surface area (Å²) < 4.78 is 5.56. The third-order valence-electron chi connectivity index (χ3n) is 3.07. The summed E-state index contributed by atoms with van der Waals surface area (Å²) in [5, 5.41) is 0.899. The van der Waals surface area contributed by atoms with Crippen LogP contribution in [-0.2, 0) is 10.1 Å². The first-order chi connectivity index (χ1) is 7.65. The van der Waals surface area contributed by atoms with Gasteiger partial charge in [0.2, 0.25) is 0 Å². The maximum atomic E-state index is 5.56. The Labute approximate surface area is 106 Å².